The zero-order valence-corrected chi connectivity index (χ0v) is 13.6. The molecular formula is C19H30N2. The quantitative estimate of drug-likeness (QED) is 0.763. The van der Waals surface area contributed by atoms with Gasteiger partial charge >= 0.3 is 0 Å². The third-order valence-corrected chi connectivity index (χ3v) is 4.63. The highest BCUT2D eigenvalue weighted by Gasteiger charge is 2.20. The van der Waals surface area contributed by atoms with Gasteiger partial charge in [-0.2, -0.15) is 0 Å². The number of rotatable bonds is 6. The molecule has 1 saturated heterocycles. The first kappa shape index (κ1) is 15.9. The van der Waals surface area contributed by atoms with E-state index < -0.39 is 0 Å². The number of likely N-dealkylation sites (tertiary alicyclic amines) is 1. The molecule has 0 amide bonds. The standard InChI is InChI=1S/C19H30N2/c1-15(2)5-4-6-17-11-13-21(14-12-17)16(3)18-7-9-19(20)10-8-18/h7-10,15,17H,3-6,11-14,20H2,1-2H3. The molecule has 0 radical (unpaired) electrons. The molecule has 0 bridgehead atoms. The minimum atomic E-state index is 0.815. The first-order chi connectivity index (χ1) is 10.1. The highest BCUT2D eigenvalue weighted by Crippen LogP contribution is 2.28. The molecule has 0 spiro atoms. The van der Waals surface area contributed by atoms with Gasteiger partial charge in [-0.3, -0.25) is 0 Å². The first-order valence-corrected chi connectivity index (χ1v) is 8.36. The highest BCUT2D eigenvalue weighted by molar-refractivity contribution is 5.63. The minimum Gasteiger partial charge on any atom is -0.399 e. The SMILES string of the molecule is C=C(c1ccc(N)cc1)N1CCC(CCCC(C)C)CC1. The van der Waals surface area contributed by atoms with Crippen LogP contribution in [0.1, 0.15) is 51.5 Å². The lowest BCUT2D eigenvalue weighted by Crippen LogP contribution is -2.32. The Kier molecular flexibility index (Phi) is 5.72. The molecule has 1 aromatic carbocycles. The molecule has 1 heterocycles. The average molecular weight is 286 g/mol. The van der Waals surface area contributed by atoms with Gasteiger partial charge < -0.3 is 10.6 Å². The van der Waals surface area contributed by atoms with Crippen molar-refractivity contribution in [1.29, 1.82) is 0 Å². The van der Waals surface area contributed by atoms with Crippen molar-refractivity contribution in [2.45, 2.75) is 46.0 Å². The predicted molar refractivity (Wildman–Crippen MR) is 92.9 cm³/mol. The van der Waals surface area contributed by atoms with Gasteiger partial charge in [0.1, 0.15) is 0 Å². The van der Waals surface area contributed by atoms with Gasteiger partial charge in [0.15, 0.2) is 0 Å². The maximum Gasteiger partial charge on any atom is 0.0366 e. The van der Waals surface area contributed by atoms with E-state index in [0.717, 1.165) is 36.3 Å². The highest BCUT2D eigenvalue weighted by atomic mass is 15.1. The molecule has 2 heteroatoms. The molecule has 2 N–H and O–H groups in total. The van der Waals surface area contributed by atoms with Crippen LogP contribution in [0.2, 0.25) is 0 Å². The summed E-state index contributed by atoms with van der Waals surface area (Å²) in [7, 11) is 0. The molecule has 0 unspecified atom stereocenters. The van der Waals surface area contributed by atoms with Gasteiger partial charge in [-0.1, -0.05) is 51.8 Å². The lowest BCUT2D eigenvalue weighted by Gasteiger charge is -2.35. The summed E-state index contributed by atoms with van der Waals surface area (Å²) < 4.78 is 0. The minimum absolute atomic E-state index is 0.815. The fourth-order valence-electron chi connectivity index (χ4n) is 3.16. The number of hydrogen-bond donors (Lipinski definition) is 1. The number of anilines is 1. The third-order valence-electron chi connectivity index (χ3n) is 4.63. The summed E-state index contributed by atoms with van der Waals surface area (Å²) in [5, 5.41) is 0. The molecule has 21 heavy (non-hydrogen) atoms. The van der Waals surface area contributed by atoms with E-state index in [1.807, 2.05) is 12.1 Å². The zero-order valence-electron chi connectivity index (χ0n) is 13.6. The molecule has 2 nitrogen and oxygen atoms in total. The summed E-state index contributed by atoms with van der Waals surface area (Å²) >= 11 is 0. The van der Waals surface area contributed by atoms with Crippen molar-refractivity contribution in [2.75, 3.05) is 18.8 Å². The van der Waals surface area contributed by atoms with E-state index in [4.69, 9.17) is 5.73 Å². The van der Waals surface area contributed by atoms with Gasteiger partial charge in [0.25, 0.3) is 0 Å². The second-order valence-electron chi connectivity index (χ2n) is 6.82. The van der Waals surface area contributed by atoms with Crippen LogP contribution in [0.15, 0.2) is 30.8 Å². The van der Waals surface area contributed by atoms with Crippen molar-refractivity contribution < 1.29 is 0 Å². The van der Waals surface area contributed by atoms with Crippen molar-refractivity contribution >= 4 is 11.4 Å². The monoisotopic (exact) mass is 286 g/mol. The van der Waals surface area contributed by atoms with Crippen LogP contribution in [0.5, 0.6) is 0 Å². The van der Waals surface area contributed by atoms with Crippen LogP contribution in [0.4, 0.5) is 5.69 Å². The Balaban J connectivity index is 1.78. The van der Waals surface area contributed by atoms with E-state index in [-0.39, 0.29) is 0 Å². The van der Waals surface area contributed by atoms with Gasteiger partial charge in [0.05, 0.1) is 0 Å². The Hall–Kier alpha value is -1.44. The second-order valence-corrected chi connectivity index (χ2v) is 6.82. The first-order valence-electron chi connectivity index (χ1n) is 8.36. The van der Waals surface area contributed by atoms with E-state index in [1.54, 1.807) is 0 Å². The van der Waals surface area contributed by atoms with E-state index in [1.165, 1.54) is 37.7 Å². The molecular weight excluding hydrogens is 256 g/mol. The van der Waals surface area contributed by atoms with Crippen LogP contribution in [0.3, 0.4) is 0 Å². The van der Waals surface area contributed by atoms with Gasteiger partial charge in [-0.15, -0.1) is 0 Å². The Bertz CT molecular complexity index is 439. The second kappa shape index (κ2) is 7.53. The fraction of sp³-hybridized carbons (Fsp3) is 0.579. The Labute approximate surface area is 130 Å². The molecule has 0 saturated carbocycles. The van der Waals surface area contributed by atoms with Crippen LogP contribution in [-0.2, 0) is 0 Å². The van der Waals surface area contributed by atoms with E-state index in [0.29, 0.717) is 0 Å². The topological polar surface area (TPSA) is 29.3 Å². The fourth-order valence-corrected chi connectivity index (χ4v) is 3.16. The van der Waals surface area contributed by atoms with Crippen LogP contribution < -0.4 is 5.73 Å². The van der Waals surface area contributed by atoms with Crippen molar-refractivity contribution in [2.24, 2.45) is 11.8 Å². The van der Waals surface area contributed by atoms with Gasteiger partial charge in [0.2, 0.25) is 0 Å². The predicted octanol–water partition coefficient (Wildman–Crippen LogP) is 4.78. The molecule has 1 aliphatic heterocycles. The number of hydrogen-bond acceptors (Lipinski definition) is 2. The molecule has 0 atom stereocenters. The molecule has 0 aromatic heterocycles. The normalized spacial score (nSPS) is 16.4. The van der Waals surface area contributed by atoms with Crippen molar-refractivity contribution in [3.05, 3.63) is 36.4 Å². The maximum absolute atomic E-state index is 5.75. The Morgan fingerprint density at radius 2 is 1.86 bits per heavy atom. The van der Waals surface area contributed by atoms with Crippen LogP contribution in [-0.4, -0.2) is 18.0 Å². The zero-order chi connectivity index (χ0) is 15.2. The maximum atomic E-state index is 5.75. The van der Waals surface area contributed by atoms with Gasteiger partial charge in [-0.25, -0.2) is 0 Å². The van der Waals surface area contributed by atoms with Crippen LogP contribution in [0, 0.1) is 11.8 Å². The summed E-state index contributed by atoms with van der Waals surface area (Å²) in [4.78, 5) is 2.43. The van der Waals surface area contributed by atoms with Crippen LogP contribution in [0.25, 0.3) is 5.70 Å². The number of nitrogen functional groups attached to an aromatic ring is 1. The lowest BCUT2D eigenvalue weighted by molar-refractivity contribution is 0.240. The Morgan fingerprint density at radius 3 is 2.43 bits per heavy atom. The van der Waals surface area contributed by atoms with Gasteiger partial charge in [0, 0.05) is 24.5 Å². The average Bonchev–Trinajstić information content (AvgIpc) is 2.48. The lowest BCUT2D eigenvalue weighted by atomic mass is 9.90. The van der Waals surface area contributed by atoms with Crippen molar-refractivity contribution in [3.63, 3.8) is 0 Å². The van der Waals surface area contributed by atoms with E-state index >= 15 is 0 Å². The summed E-state index contributed by atoms with van der Waals surface area (Å²) in [6.45, 7) is 11.2. The van der Waals surface area contributed by atoms with Crippen LogP contribution >= 0.6 is 0 Å². The Morgan fingerprint density at radius 1 is 1.24 bits per heavy atom. The number of piperidine rings is 1. The summed E-state index contributed by atoms with van der Waals surface area (Å²) in [6.07, 6.45) is 6.79. The van der Waals surface area contributed by atoms with Crippen molar-refractivity contribution in [3.8, 4) is 0 Å². The summed E-state index contributed by atoms with van der Waals surface area (Å²) in [6, 6.07) is 8.07. The summed E-state index contributed by atoms with van der Waals surface area (Å²) in [5.41, 5.74) is 8.91. The molecule has 1 fully saturated rings. The number of nitrogens with zero attached hydrogens (tertiary/aromatic N) is 1. The smallest absolute Gasteiger partial charge is 0.0366 e. The molecule has 1 aromatic rings. The number of benzene rings is 1. The molecule has 116 valence electrons. The van der Waals surface area contributed by atoms with E-state index in [9.17, 15) is 0 Å². The molecule has 1 aliphatic rings. The molecule has 2 rings (SSSR count). The van der Waals surface area contributed by atoms with Crippen molar-refractivity contribution in [1.82, 2.24) is 4.90 Å². The third kappa shape index (κ3) is 4.80. The largest absolute Gasteiger partial charge is 0.399 e. The van der Waals surface area contributed by atoms with Gasteiger partial charge in [-0.05, 0) is 42.4 Å². The number of nitrogens with two attached hydrogens (primary N) is 1. The molecule has 0 aliphatic carbocycles. The summed E-state index contributed by atoms with van der Waals surface area (Å²) in [5.74, 6) is 1.76. The van der Waals surface area contributed by atoms with E-state index in [2.05, 4.69) is 37.5 Å².